The highest BCUT2D eigenvalue weighted by molar-refractivity contribution is 5.84. The second-order valence-corrected chi connectivity index (χ2v) is 8.01. The van der Waals surface area contributed by atoms with Crippen LogP contribution in [0.25, 0.3) is 10.8 Å². The Bertz CT molecular complexity index is 794. The first kappa shape index (κ1) is 19.7. The van der Waals surface area contributed by atoms with Gasteiger partial charge in [-0.15, -0.1) is 0 Å². The fourth-order valence-corrected chi connectivity index (χ4v) is 4.18. The van der Waals surface area contributed by atoms with Crippen molar-refractivity contribution in [2.45, 2.75) is 64.7 Å². The van der Waals surface area contributed by atoms with E-state index in [0.29, 0.717) is 12.1 Å². The summed E-state index contributed by atoms with van der Waals surface area (Å²) in [6, 6.07) is 13.1. The first-order valence-corrected chi connectivity index (χ1v) is 9.99. The Morgan fingerprint density at radius 1 is 1.15 bits per heavy atom. The summed E-state index contributed by atoms with van der Waals surface area (Å²) in [7, 11) is 3.73. The molecule has 4 nitrogen and oxygen atoms in total. The molecule has 0 radical (unpaired) electrons. The molecule has 1 aliphatic rings. The van der Waals surface area contributed by atoms with E-state index in [0.717, 1.165) is 25.1 Å². The number of rotatable bonds is 5. The van der Waals surface area contributed by atoms with Crippen LogP contribution in [0.4, 0.5) is 0 Å². The van der Waals surface area contributed by atoms with Crippen molar-refractivity contribution >= 4 is 16.7 Å². The van der Waals surface area contributed by atoms with Crippen LogP contribution in [0.3, 0.4) is 0 Å². The molecule has 0 saturated carbocycles. The highest BCUT2D eigenvalue weighted by atomic mass is 16.5. The van der Waals surface area contributed by atoms with Crippen LogP contribution in [0.15, 0.2) is 36.4 Å². The number of fused-ring (bicyclic) bond motifs is 1. The second-order valence-electron chi connectivity index (χ2n) is 8.01. The molecule has 1 fully saturated rings. The van der Waals surface area contributed by atoms with Gasteiger partial charge in [-0.3, -0.25) is 9.69 Å². The minimum Gasteiger partial charge on any atom is -0.497 e. The van der Waals surface area contributed by atoms with Gasteiger partial charge in [-0.2, -0.15) is 0 Å². The quantitative estimate of drug-likeness (QED) is 0.781. The van der Waals surface area contributed by atoms with E-state index in [2.05, 4.69) is 47.9 Å². The van der Waals surface area contributed by atoms with Gasteiger partial charge in [0.2, 0.25) is 5.91 Å². The summed E-state index contributed by atoms with van der Waals surface area (Å²) in [5, 5.41) is 2.36. The molecule has 0 N–H and O–H groups in total. The van der Waals surface area contributed by atoms with Crippen molar-refractivity contribution in [3.05, 3.63) is 42.0 Å². The van der Waals surface area contributed by atoms with Gasteiger partial charge in [-0.1, -0.05) is 18.2 Å². The number of amides is 1. The molecule has 4 heteroatoms. The molecule has 27 heavy (non-hydrogen) atoms. The minimum absolute atomic E-state index is 0.125. The van der Waals surface area contributed by atoms with Crippen LogP contribution >= 0.6 is 0 Å². The third-order valence-corrected chi connectivity index (χ3v) is 6.01. The number of benzene rings is 2. The Kier molecular flexibility index (Phi) is 6.05. The normalized spacial score (nSPS) is 21.5. The summed E-state index contributed by atoms with van der Waals surface area (Å²) in [5.41, 5.74) is 1.22. The van der Waals surface area contributed by atoms with E-state index >= 15 is 0 Å². The highest BCUT2D eigenvalue weighted by Gasteiger charge is 2.32. The van der Waals surface area contributed by atoms with Crippen molar-refractivity contribution in [2.75, 3.05) is 14.2 Å². The van der Waals surface area contributed by atoms with E-state index in [1.165, 1.54) is 22.8 Å². The smallest absolute Gasteiger partial charge is 0.240 e. The van der Waals surface area contributed by atoms with Crippen molar-refractivity contribution < 1.29 is 9.53 Å². The maximum atomic E-state index is 13.1. The van der Waals surface area contributed by atoms with Crippen LogP contribution in [0.5, 0.6) is 5.75 Å². The molecule has 0 bridgehead atoms. The van der Waals surface area contributed by atoms with Crippen molar-refractivity contribution in [1.82, 2.24) is 9.80 Å². The number of hydrogen-bond donors (Lipinski definition) is 0. The second kappa shape index (κ2) is 8.30. The van der Waals surface area contributed by atoms with Gasteiger partial charge in [0, 0.05) is 18.6 Å². The lowest BCUT2D eigenvalue weighted by Gasteiger charge is -2.41. The molecule has 1 amide bonds. The van der Waals surface area contributed by atoms with E-state index in [1.54, 1.807) is 7.11 Å². The van der Waals surface area contributed by atoms with E-state index in [9.17, 15) is 4.79 Å². The number of ether oxygens (including phenoxy) is 1. The van der Waals surface area contributed by atoms with Crippen LogP contribution in [-0.4, -0.2) is 48.0 Å². The number of likely N-dealkylation sites (N-methyl/N-ethyl adjacent to an activating group) is 1. The van der Waals surface area contributed by atoms with Gasteiger partial charge in [0.05, 0.1) is 13.2 Å². The summed E-state index contributed by atoms with van der Waals surface area (Å²) in [4.78, 5) is 17.4. The van der Waals surface area contributed by atoms with Gasteiger partial charge in [0.1, 0.15) is 5.75 Å². The Balaban J connectivity index is 1.71. The third-order valence-electron chi connectivity index (χ3n) is 6.01. The van der Waals surface area contributed by atoms with E-state index in [-0.39, 0.29) is 11.9 Å². The fourth-order valence-electron chi connectivity index (χ4n) is 4.18. The van der Waals surface area contributed by atoms with Crippen LogP contribution in [-0.2, 0) is 11.3 Å². The minimum atomic E-state index is -0.125. The van der Waals surface area contributed by atoms with E-state index < -0.39 is 0 Å². The molecule has 3 rings (SSSR count). The van der Waals surface area contributed by atoms with Crippen LogP contribution in [0.1, 0.15) is 45.6 Å². The molecule has 0 spiro atoms. The van der Waals surface area contributed by atoms with Crippen molar-refractivity contribution in [1.29, 1.82) is 0 Å². The zero-order valence-corrected chi connectivity index (χ0v) is 17.2. The fraction of sp³-hybridized carbons (Fsp3) is 0.522. The summed E-state index contributed by atoms with van der Waals surface area (Å²) in [5.74, 6) is 1.12. The summed E-state index contributed by atoms with van der Waals surface area (Å²) in [6.45, 7) is 7.14. The van der Waals surface area contributed by atoms with Crippen molar-refractivity contribution in [3.63, 3.8) is 0 Å². The van der Waals surface area contributed by atoms with Gasteiger partial charge in [0.15, 0.2) is 0 Å². The lowest BCUT2D eigenvalue weighted by Crippen LogP contribution is -2.54. The molecule has 146 valence electrons. The summed E-state index contributed by atoms with van der Waals surface area (Å²) < 4.78 is 5.30. The molecule has 0 aliphatic carbocycles. The number of nitrogens with zero attached hydrogens (tertiary/aromatic N) is 2. The summed E-state index contributed by atoms with van der Waals surface area (Å²) in [6.07, 6.45) is 3.44. The van der Waals surface area contributed by atoms with Gasteiger partial charge >= 0.3 is 0 Å². The average molecular weight is 369 g/mol. The summed E-state index contributed by atoms with van der Waals surface area (Å²) >= 11 is 0. The molecular formula is C23H32N2O2. The number of methoxy groups -OCH3 is 1. The topological polar surface area (TPSA) is 32.8 Å². The maximum absolute atomic E-state index is 13.1. The molecule has 2 aromatic carbocycles. The number of likely N-dealkylation sites (tertiary alicyclic amines) is 1. The molecule has 3 atom stereocenters. The molecule has 1 aliphatic heterocycles. The number of carbonyl (C=O) groups excluding carboxylic acids is 1. The average Bonchev–Trinajstić information content (AvgIpc) is 2.66. The highest BCUT2D eigenvalue weighted by Crippen LogP contribution is 2.25. The lowest BCUT2D eigenvalue weighted by molar-refractivity contribution is -0.142. The van der Waals surface area contributed by atoms with Gasteiger partial charge in [-0.25, -0.2) is 0 Å². The predicted molar refractivity (Wildman–Crippen MR) is 111 cm³/mol. The zero-order valence-electron chi connectivity index (χ0n) is 17.2. The Morgan fingerprint density at radius 3 is 2.44 bits per heavy atom. The molecule has 2 aromatic rings. The Labute approximate surface area is 163 Å². The monoisotopic (exact) mass is 368 g/mol. The lowest BCUT2D eigenvalue weighted by atomic mass is 9.96. The largest absolute Gasteiger partial charge is 0.497 e. The SMILES string of the molecule is COc1ccc2cc(CN(C)[C@H](C)C(=O)N3[C@@H](C)CCC[C@@H]3C)ccc2c1. The molecule has 1 saturated heterocycles. The van der Waals surface area contributed by atoms with Crippen LogP contribution in [0.2, 0.25) is 0 Å². The first-order chi connectivity index (χ1) is 12.9. The van der Waals surface area contributed by atoms with E-state index in [4.69, 9.17) is 4.74 Å². The molecular weight excluding hydrogens is 336 g/mol. The molecule has 0 unspecified atom stereocenters. The van der Waals surface area contributed by atoms with Gasteiger partial charge < -0.3 is 9.64 Å². The van der Waals surface area contributed by atoms with Gasteiger partial charge in [-0.05, 0) is 81.6 Å². The standard InChI is InChI=1S/C23H32N2O2/c1-16-7-6-8-17(2)25(16)23(26)18(3)24(4)15-19-9-10-21-14-22(27-5)12-11-20(21)13-19/h9-14,16-18H,6-8,15H2,1-5H3/t16-,17-,18+/m0/s1. The molecule has 0 aromatic heterocycles. The maximum Gasteiger partial charge on any atom is 0.240 e. The van der Waals surface area contributed by atoms with Crippen LogP contribution in [0, 0.1) is 0 Å². The zero-order chi connectivity index (χ0) is 19.6. The Hall–Kier alpha value is -2.07. The third kappa shape index (κ3) is 4.27. The molecule has 1 heterocycles. The van der Waals surface area contributed by atoms with Gasteiger partial charge in [0.25, 0.3) is 0 Å². The van der Waals surface area contributed by atoms with Crippen LogP contribution < -0.4 is 4.74 Å². The predicted octanol–water partition coefficient (Wildman–Crippen LogP) is 4.46. The number of carbonyl (C=O) groups is 1. The van der Waals surface area contributed by atoms with Crippen molar-refractivity contribution in [2.24, 2.45) is 0 Å². The number of hydrogen-bond acceptors (Lipinski definition) is 3. The number of piperidine rings is 1. The van der Waals surface area contributed by atoms with Crippen molar-refractivity contribution in [3.8, 4) is 5.75 Å². The first-order valence-electron chi connectivity index (χ1n) is 9.99. The Morgan fingerprint density at radius 2 is 1.78 bits per heavy atom. The van der Waals surface area contributed by atoms with E-state index in [1.807, 2.05) is 26.1 Å².